The molecule has 1 fully saturated rings. The van der Waals surface area contributed by atoms with Gasteiger partial charge in [-0.15, -0.1) is 0 Å². The third-order valence-electron chi connectivity index (χ3n) is 4.15. The first kappa shape index (κ1) is 26.2. The Morgan fingerprint density at radius 3 is 1.48 bits per heavy atom. The van der Waals surface area contributed by atoms with Gasteiger partial charge in [0.1, 0.15) is 0 Å². The van der Waals surface area contributed by atoms with Gasteiger partial charge in [0.25, 0.3) is 0 Å². The van der Waals surface area contributed by atoms with E-state index in [4.69, 9.17) is 0 Å². The SMILES string of the molecule is C.C.C.CC1CCCCC1.[Y].c1ccc2c(c1)CCCC2. The van der Waals surface area contributed by atoms with Crippen LogP contribution in [0.2, 0.25) is 0 Å². The van der Waals surface area contributed by atoms with E-state index in [-0.39, 0.29) is 55.0 Å². The fourth-order valence-corrected chi connectivity index (χ4v) is 2.98. The molecule has 2 aliphatic carbocycles. The van der Waals surface area contributed by atoms with Crippen molar-refractivity contribution in [1.29, 1.82) is 0 Å². The summed E-state index contributed by atoms with van der Waals surface area (Å²) in [7, 11) is 0. The topological polar surface area (TPSA) is 0 Å². The monoisotopic (exact) mass is 367 g/mol. The van der Waals surface area contributed by atoms with Gasteiger partial charge in [0.15, 0.2) is 0 Å². The van der Waals surface area contributed by atoms with Crippen LogP contribution < -0.4 is 0 Å². The third-order valence-corrected chi connectivity index (χ3v) is 4.15. The molecule has 0 atom stereocenters. The Hall–Kier alpha value is 0.324. The molecule has 1 aromatic rings. The normalized spacial score (nSPS) is 16.2. The molecule has 121 valence electrons. The fraction of sp³-hybridized carbons (Fsp3) is 0.700. The molecule has 1 aromatic carbocycles. The number of hydrogen-bond acceptors (Lipinski definition) is 0. The van der Waals surface area contributed by atoms with Crippen molar-refractivity contribution in [2.75, 3.05) is 0 Å². The van der Waals surface area contributed by atoms with Crippen LogP contribution in [0.5, 0.6) is 0 Å². The van der Waals surface area contributed by atoms with Gasteiger partial charge in [-0.25, -0.2) is 0 Å². The van der Waals surface area contributed by atoms with E-state index in [9.17, 15) is 0 Å². The van der Waals surface area contributed by atoms with E-state index in [2.05, 4.69) is 31.2 Å². The minimum atomic E-state index is 0. The van der Waals surface area contributed by atoms with Gasteiger partial charge >= 0.3 is 0 Å². The van der Waals surface area contributed by atoms with E-state index in [1.54, 1.807) is 11.1 Å². The Balaban J connectivity index is -0.000000270. The summed E-state index contributed by atoms with van der Waals surface area (Å²) < 4.78 is 0. The molecular weight excluding hydrogens is 329 g/mol. The maximum absolute atomic E-state index is 2.36. The number of hydrogen-bond donors (Lipinski definition) is 0. The summed E-state index contributed by atoms with van der Waals surface area (Å²) in [5.74, 6) is 1.04. The molecule has 0 aliphatic heterocycles. The molecule has 3 rings (SSSR count). The van der Waals surface area contributed by atoms with Gasteiger partial charge in [0.2, 0.25) is 0 Å². The van der Waals surface area contributed by atoms with Crippen LogP contribution in [0.25, 0.3) is 0 Å². The second-order valence-electron chi connectivity index (χ2n) is 5.72. The van der Waals surface area contributed by atoms with Crippen molar-refractivity contribution in [3.63, 3.8) is 0 Å². The van der Waals surface area contributed by atoms with E-state index in [1.807, 2.05) is 0 Å². The summed E-state index contributed by atoms with van der Waals surface area (Å²) in [5.41, 5.74) is 3.16. The van der Waals surface area contributed by atoms with Crippen molar-refractivity contribution in [2.45, 2.75) is 87.0 Å². The van der Waals surface area contributed by atoms with E-state index in [0.717, 1.165) is 5.92 Å². The average molecular weight is 367 g/mol. The molecule has 0 unspecified atom stereocenters. The van der Waals surface area contributed by atoms with Crippen molar-refractivity contribution in [3.8, 4) is 0 Å². The molecule has 0 amide bonds. The molecule has 1 saturated carbocycles. The predicted octanol–water partition coefficient (Wildman–Crippen LogP) is 7.06. The molecule has 0 saturated heterocycles. The van der Waals surface area contributed by atoms with E-state index < -0.39 is 0 Å². The summed E-state index contributed by atoms with van der Waals surface area (Å²) in [5, 5.41) is 0. The van der Waals surface area contributed by atoms with Crippen LogP contribution in [0.4, 0.5) is 0 Å². The second-order valence-corrected chi connectivity index (χ2v) is 5.72. The van der Waals surface area contributed by atoms with Gasteiger partial charge in [-0.1, -0.05) is 85.6 Å². The van der Waals surface area contributed by atoms with Crippen LogP contribution in [0.15, 0.2) is 24.3 Å². The first-order valence-corrected chi connectivity index (χ1v) is 7.43. The molecule has 0 spiro atoms. The van der Waals surface area contributed by atoms with Crippen LogP contribution >= 0.6 is 0 Å². The maximum atomic E-state index is 2.36. The molecule has 0 aromatic heterocycles. The van der Waals surface area contributed by atoms with Gasteiger partial charge in [-0.2, -0.15) is 0 Å². The number of benzene rings is 1. The van der Waals surface area contributed by atoms with E-state index in [1.165, 1.54) is 57.8 Å². The Bertz CT molecular complexity index is 301. The smallest absolute Gasteiger partial charge is 0 e. The predicted molar refractivity (Wildman–Crippen MR) is 95.5 cm³/mol. The first-order chi connectivity index (χ1) is 8.36. The van der Waals surface area contributed by atoms with Crippen LogP contribution in [0, 0.1) is 5.92 Å². The maximum Gasteiger partial charge on any atom is 0 e. The van der Waals surface area contributed by atoms with Gasteiger partial charge in [-0.3, -0.25) is 0 Å². The van der Waals surface area contributed by atoms with Gasteiger partial charge < -0.3 is 0 Å². The van der Waals surface area contributed by atoms with Crippen molar-refractivity contribution in [2.24, 2.45) is 5.92 Å². The van der Waals surface area contributed by atoms with Crippen molar-refractivity contribution < 1.29 is 32.7 Å². The van der Waals surface area contributed by atoms with Gasteiger partial charge in [-0.05, 0) is 42.7 Å². The van der Waals surface area contributed by atoms with E-state index in [0.29, 0.717) is 0 Å². The Morgan fingerprint density at radius 2 is 1.14 bits per heavy atom. The van der Waals surface area contributed by atoms with E-state index >= 15 is 0 Å². The molecule has 0 nitrogen and oxygen atoms in total. The Morgan fingerprint density at radius 1 is 0.714 bits per heavy atom. The zero-order valence-corrected chi connectivity index (χ0v) is 14.7. The minimum Gasteiger partial charge on any atom is -0.0776 e. The van der Waals surface area contributed by atoms with Crippen molar-refractivity contribution in [1.82, 2.24) is 0 Å². The second kappa shape index (κ2) is 15.2. The third kappa shape index (κ3) is 9.85. The zero-order valence-electron chi connectivity index (χ0n) is 11.8. The summed E-state index contributed by atoms with van der Waals surface area (Å²) in [6.07, 6.45) is 12.8. The molecule has 1 heteroatoms. The Kier molecular flexibility index (Phi) is 19.0. The summed E-state index contributed by atoms with van der Waals surface area (Å²) >= 11 is 0. The van der Waals surface area contributed by atoms with Crippen LogP contribution in [-0.4, -0.2) is 0 Å². The van der Waals surface area contributed by atoms with Gasteiger partial charge in [0, 0.05) is 32.7 Å². The quantitative estimate of drug-likeness (QED) is 0.460. The molecule has 0 bridgehead atoms. The summed E-state index contributed by atoms with van der Waals surface area (Å²) in [6.45, 7) is 2.36. The standard InChI is InChI=1S/C10H12.C7H14.3CH4.Y/c1-2-6-10-8-4-3-7-9(10)5-1;1-7-5-3-2-4-6-7;;;;/h1-2,5-6H,3-4,7-8H2;7H,2-6H2,1H3;3*1H4;. The number of aryl methyl sites for hydroxylation is 2. The molecule has 1 radical (unpaired) electrons. The fourth-order valence-electron chi connectivity index (χ4n) is 2.98. The van der Waals surface area contributed by atoms with Crippen LogP contribution in [-0.2, 0) is 45.6 Å². The molecule has 21 heavy (non-hydrogen) atoms. The molecule has 0 N–H and O–H groups in total. The average Bonchev–Trinajstić information content (AvgIpc) is 2.41. The molecule has 0 heterocycles. The first-order valence-electron chi connectivity index (χ1n) is 7.43. The Labute approximate surface area is 160 Å². The van der Waals surface area contributed by atoms with Gasteiger partial charge in [0.05, 0.1) is 0 Å². The van der Waals surface area contributed by atoms with Crippen LogP contribution in [0.1, 0.15) is 85.3 Å². The van der Waals surface area contributed by atoms with Crippen molar-refractivity contribution in [3.05, 3.63) is 35.4 Å². The zero-order chi connectivity index (χ0) is 11.9. The summed E-state index contributed by atoms with van der Waals surface area (Å²) in [6, 6.07) is 8.80. The largest absolute Gasteiger partial charge is 0.0776 e. The number of fused-ring (bicyclic) bond motifs is 1. The molecule has 2 aliphatic rings. The molecular formula is C20H38Y. The minimum absolute atomic E-state index is 0. The number of rotatable bonds is 0. The van der Waals surface area contributed by atoms with Crippen molar-refractivity contribution >= 4 is 0 Å². The summed E-state index contributed by atoms with van der Waals surface area (Å²) in [4.78, 5) is 0. The van der Waals surface area contributed by atoms with Crippen LogP contribution in [0.3, 0.4) is 0 Å².